The van der Waals surface area contributed by atoms with Gasteiger partial charge in [-0.2, -0.15) is 0 Å². The number of nitrogens with one attached hydrogen (secondary N) is 1. The predicted molar refractivity (Wildman–Crippen MR) is 80.4 cm³/mol. The van der Waals surface area contributed by atoms with Crippen LogP contribution in [0.1, 0.15) is 35.6 Å². The Balaban J connectivity index is 1.93. The zero-order valence-corrected chi connectivity index (χ0v) is 12.0. The molecule has 0 radical (unpaired) electrons. The molecule has 21 heavy (non-hydrogen) atoms. The van der Waals surface area contributed by atoms with Gasteiger partial charge in [0.1, 0.15) is 11.6 Å². The van der Waals surface area contributed by atoms with Crippen molar-refractivity contribution in [3.63, 3.8) is 0 Å². The molecular formula is C17H19FN2O. The lowest BCUT2D eigenvalue weighted by molar-refractivity contribution is 0.302. The van der Waals surface area contributed by atoms with Crippen LogP contribution < -0.4 is 16.0 Å². The van der Waals surface area contributed by atoms with E-state index in [1.54, 1.807) is 6.07 Å². The summed E-state index contributed by atoms with van der Waals surface area (Å²) < 4.78 is 19.9. The van der Waals surface area contributed by atoms with Gasteiger partial charge in [0, 0.05) is 5.56 Å². The average Bonchev–Trinajstić information content (AvgIpc) is 3.28. The first-order chi connectivity index (χ1) is 10.2. The number of hydrogen-bond acceptors (Lipinski definition) is 3. The number of aryl methyl sites for hydroxylation is 1. The van der Waals surface area contributed by atoms with Crippen molar-refractivity contribution in [2.24, 2.45) is 5.84 Å². The minimum atomic E-state index is -0.396. The summed E-state index contributed by atoms with van der Waals surface area (Å²) >= 11 is 0. The second-order valence-electron chi connectivity index (χ2n) is 5.51. The number of hydrogen-bond donors (Lipinski definition) is 2. The molecule has 0 bridgehead atoms. The number of halogens is 1. The first-order valence-electron chi connectivity index (χ1n) is 7.16. The molecule has 1 fully saturated rings. The molecule has 3 rings (SSSR count). The molecule has 1 unspecified atom stereocenters. The fourth-order valence-corrected chi connectivity index (χ4v) is 2.40. The zero-order valence-electron chi connectivity index (χ0n) is 12.0. The minimum absolute atomic E-state index is 0.267. The van der Waals surface area contributed by atoms with Crippen molar-refractivity contribution in [2.45, 2.75) is 31.9 Å². The van der Waals surface area contributed by atoms with Gasteiger partial charge in [0.15, 0.2) is 0 Å². The molecule has 1 aliphatic carbocycles. The number of ether oxygens (including phenoxy) is 1. The summed E-state index contributed by atoms with van der Waals surface area (Å²) in [6.07, 6.45) is 2.55. The fraction of sp³-hybridized carbons (Fsp3) is 0.294. The van der Waals surface area contributed by atoms with Gasteiger partial charge in [-0.1, -0.05) is 29.8 Å². The molecule has 0 aromatic heterocycles. The molecule has 0 heterocycles. The summed E-state index contributed by atoms with van der Waals surface area (Å²) in [6.45, 7) is 1.93. The molecule has 0 aliphatic heterocycles. The average molecular weight is 286 g/mol. The fourth-order valence-electron chi connectivity index (χ4n) is 2.40. The molecule has 4 heteroatoms. The van der Waals surface area contributed by atoms with Crippen molar-refractivity contribution in [1.82, 2.24) is 5.43 Å². The second kappa shape index (κ2) is 5.84. The Morgan fingerprint density at radius 2 is 2.05 bits per heavy atom. The summed E-state index contributed by atoms with van der Waals surface area (Å²) in [5.74, 6) is 6.20. The summed E-state index contributed by atoms with van der Waals surface area (Å²) in [6, 6.07) is 12.3. The summed E-state index contributed by atoms with van der Waals surface area (Å²) in [4.78, 5) is 0. The van der Waals surface area contributed by atoms with Crippen LogP contribution in [0, 0.1) is 12.7 Å². The maximum atomic E-state index is 14.1. The van der Waals surface area contributed by atoms with Gasteiger partial charge in [-0.25, -0.2) is 9.82 Å². The van der Waals surface area contributed by atoms with Crippen LogP contribution in [0.4, 0.5) is 4.39 Å². The molecule has 2 aromatic rings. The predicted octanol–water partition coefficient (Wildman–Crippen LogP) is 3.23. The van der Waals surface area contributed by atoms with E-state index in [0.717, 1.165) is 29.7 Å². The monoisotopic (exact) mass is 286 g/mol. The van der Waals surface area contributed by atoms with E-state index in [1.165, 1.54) is 6.07 Å². The van der Waals surface area contributed by atoms with Crippen LogP contribution in [-0.4, -0.2) is 6.10 Å². The number of rotatable bonds is 5. The van der Waals surface area contributed by atoms with Gasteiger partial charge in [0.2, 0.25) is 0 Å². The SMILES string of the molecule is Cc1ccc(F)c(C(NN)c2cccc(OC3CC3)c2)c1. The zero-order chi connectivity index (χ0) is 14.8. The third-order valence-electron chi connectivity index (χ3n) is 3.65. The van der Waals surface area contributed by atoms with Crippen LogP contribution >= 0.6 is 0 Å². The number of hydrazine groups is 1. The van der Waals surface area contributed by atoms with E-state index in [2.05, 4.69) is 5.43 Å². The normalized spacial score (nSPS) is 15.8. The van der Waals surface area contributed by atoms with E-state index in [1.807, 2.05) is 37.3 Å². The molecule has 0 amide bonds. The van der Waals surface area contributed by atoms with Crippen molar-refractivity contribution in [2.75, 3.05) is 0 Å². The van der Waals surface area contributed by atoms with E-state index in [9.17, 15) is 4.39 Å². The van der Waals surface area contributed by atoms with Crippen LogP contribution in [0.5, 0.6) is 5.75 Å². The van der Waals surface area contributed by atoms with Crippen LogP contribution in [-0.2, 0) is 0 Å². The van der Waals surface area contributed by atoms with Crippen LogP contribution in [0.15, 0.2) is 42.5 Å². The molecule has 110 valence electrons. The Morgan fingerprint density at radius 1 is 1.24 bits per heavy atom. The Morgan fingerprint density at radius 3 is 2.76 bits per heavy atom. The second-order valence-corrected chi connectivity index (χ2v) is 5.51. The highest BCUT2D eigenvalue weighted by molar-refractivity contribution is 5.38. The Kier molecular flexibility index (Phi) is 3.90. The van der Waals surface area contributed by atoms with Crippen LogP contribution in [0.25, 0.3) is 0 Å². The summed E-state index contributed by atoms with van der Waals surface area (Å²) in [5, 5.41) is 0. The largest absolute Gasteiger partial charge is 0.490 e. The van der Waals surface area contributed by atoms with Crippen molar-refractivity contribution < 1.29 is 9.13 Å². The van der Waals surface area contributed by atoms with Crippen molar-refractivity contribution >= 4 is 0 Å². The highest BCUT2D eigenvalue weighted by Crippen LogP contribution is 2.30. The first-order valence-corrected chi connectivity index (χ1v) is 7.16. The maximum absolute atomic E-state index is 14.1. The summed E-state index contributed by atoms with van der Waals surface area (Å²) in [5.41, 5.74) is 5.13. The van der Waals surface area contributed by atoms with Gasteiger partial charge in [0.25, 0.3) is 0 Å². The number of benzene rings is 2. The third-order valence-corrected chi connectivity index (χ3v) is 3.65. The molecule has 1 saturated carbocycles. The lowest BCUT2D eigenvalue weighted by Gasteiger charge is -2.19. The standard InChI is InChI=1S/C17H19FN2O/c1-11-5-8-16(18)15(9-11)17(20-19)12-3-2-4-14(10-12)21-13-6-7-13/h2-5,8-10,13,17,20H,6-7,19H2,1H3. The van der Waals surface area contributed by atoms with Gasteiger partial charge in [-0.15, -0.1) is 0 Å². The van der Waals surface area contributed by atoms with Gasteiger partial charge in [-0.3, -0.25) is 5.84 Å². The molecule has 3 N–H and O–H groups in total. The van der Waals surface area contributed by atoms with E-state index in [-0.39, 0.29) is 5.82 Å². The molecule has 0 spiro atoms. The van der Waals surface area contributed by atoms with Crippen molar-refractivity contribution in [3.8, 4) is 5.75 Å². The van der Waals surface area contributed by atoms with E-state index < -0.39 is 6.04 Å². The molecule has 1 atom stereocenters. The lowest BCUT2D eigenvalue weighted by Crippen LogP contribution is -2.29. The van der Waals surface area contributed by atoms with Gasteiger partial charge in [0.05, 0.1) is 12.1 Å². The molecule has 3 nitrogen and oxygen atoms in total. The minimum Gasteiger partial charge on any atom is -0.490 e. The Labute approximate surface area is 123 Å². The first kappa shape index (κ1) is 14.0. The molecule has 0 saturated heterocycles. The van der Waals surface area contributed by atoms with Crippen LogP contribution in [0.3, 0.4) is 0 Å². The molecular weight excluding hydrogens is 267 g/mol. The Bertz CT molecular complexity index is 640. The quantitative estimate of drug-likeness (QED) is 0.655. The van der Waals surface area contributed by atoms with Gasteiger partial charge < -0.3 is 4.74 Å². The highest BCUT2D eigenvalue weighted by Gasteiger charge is 2.24. The van der Waals surface area contributed by atoms with E-state index in [0.29, 0.717) is 11.7 Å². The van der Waals surface area contributed by atoms with Crippen molar-refractivity contribution in [3.05, 3.63) is 65.0 Å². The van der Waals surface area contributed by atoms with E-state index >= 15 is 0 Å². The van der Waals surface area contributed by atoms with Gasteiger partial charge >= 0.3 is 0 Å². The maximum Gasteiger partial charge on any atom is 0.128 e. The smallest absolute Gasteiger partial charge is 0.128 e. The number of nitrogens with two attached hydrogens (primary N) is 1. The topological polar surface area (TPSA) is 47.3 Å². The van der Waals surface area contributed by atoms with E-state index in [4.69, 9.17) is 10.6 Å². The Hall–Kier alpha value is -1.91. The third kappa shape index (κ3) is 3.23. The lowest BCUT2D eigenvalue weighted by atomic mass is 9.97. The van der Waals surface area contributed by atoms with Gasteiger partial charge in [-0.05, 0) is 43.5 Å². The molecule has 1 aliphatic rings. The van der Waals surface area contributed by atoms with Crippen LogP contribution in [0.2, 0.25) is 0 Å². The van der Waals surface area contributed by atoms with Crippen molar-refractivity contribution in [1.29, 1.82) is 0 Å². The molecule has 2 aromatic carbocycles. The summed E-state index contributed by atoms with van der Waals surface area (Å²) in [7, 11) is 0. The highest BCUT2D eigenvalue weighted by atomic mass is 19.1.